The summed E-state index contributed by atoms with van der Waals surface area (Å²) in [6, 6.07) is 8.15. The first-order valence-electron chi connectivity index (χ1n) is 8.26. The molecule has 0 saturated carbocycles. The van der Waals surface area contributed by atoms with E-state index >= 15 is 0 Å². The van der Waals surface area contributed by atoms with Gasteiger partial charge >= 0.3 is 0 Å². The van der Waals surface area contributed by atoms with Crippen molar-refractivity contribution in [3.8, 4) is 0 Å². The van der Waals surface area contributed by atoms with E-state index in [1.807, 2.05) is 18.2 Å². The predicted octanol–water partition coefficient (Wildman–Crippen LogP) is 3.27. The van der Waals surface area contributed by atoms with E-state index in [0.29, 0.717) is 5.75 Å². The second kappa shape index (κ2) is 8.04. The number of benzene rings is 1. The lowest BCUT2D eigenvalue weighted by atomic mass is 9.92. The number of carbonyl (C=O) groups excluding carboxylic acids is 1. The zero-order valence-electron chi connectivity index (χ0n) is 13.4. The maximum Gasteiger partial charge on any atom is 0.233 e. The van der Waals surface area contributed by atoms with Gasteiger partial charge < -0.3 is 10.2 Å². The van der Waals surface area contributed by atoms with E-state index in [9.17, 15) is 4.79 Å². The number of rotatable bonds is 3. The monoisotopic (exact) mass is 383 g/mol. The summed E-state index contributed by atoms with van der Waals surface area (Å²) in [5.74, 6) is 2.31. The molecule has 2 aromatic rings. The molecule has 0 bridgehead atoms. The summed E-state index contributed by atoms with van der Waals surface area (Å²) in [6.45, 7) is 4.10. The molecular weight excluding hydrogens is 362 g/mol. The standard InChI is InChI=1S/C17H21N3OS2.ClH/c21-16(20-7-5-12-9-18-10-13(12)6-8-20)11-22-17-19-14-3-1-2-4-15(14)23-17;/h1-4,12-13,18H,5-11H2;1H/t12-,13+;. The third-order valence-electron chi connectivity index (χ3n) is 4.97. The van der Waals surface area contributed by atoms with Crippen molar-refractivity contribution in [2.45, 2.75) is 17.2 Å². The molecule has 2 aliphatic rings. The number of halogens is 1. The van der Waals surface area contributed by atoms with Gasteiger partial charge in [0.05, 0.1) is 16.0 Å². The summed E-state index contributed by atoms with van der Waals surface area (Å²) in [5.41, 5.74) is 1.03. The van der Waals surface area contributed by atoms with Crippen LogP contribution >= 0.6 is 35.5 Å². The number of fused-ring (bicyclic) bond motifs is 2. The van der Waals surface area contributed by atoms with Gasteiger partial charge in [0.15, 0.2) is 4.34 Å². The largest absolute Gasteiger partial charge is 0.342 e. The molecule has 0 unspecified atom stereocenters. The van der Waals surface area contributed by atoms with Gasteiger partial charge in [-0.1, -0.05) is 23.9 Å². The fourth-order valence-electron chi connectivity index (χ4n) is 3.60. The van der Waals surface area contributed by atoms with Crippen molar-refractivity contribution in [2.75, 3.05) is 31.9 Å². The van der Waals surface area contributed by atoms with Crippen LogP contribution in [0.5, 0.6) is 0 Å². The van der Waals surface area contributed by atoms with E-state index in [1.54, 1.807) is 23.1 Å². The van der Waals surface area contributed by atoms with Crippen LogP contribution in [0, 0.1) is 11.8 Å². The smallest absolute Gasteiger partial charge is 0.233 e. The number of thioether (sulfide) groups is 1. The summed E-state index contributed by atoms with van der Waals surface area (Å²) >= 11 is 3.26. The van der Waals surface area contributed by atoms with Gasteiger partial charge in [-0.15, -0.1) is 23.7 Å². The Hall–Kier alpha value is -0.820. The van der Waals surface area contributed by atoms with Crippen LogP contribution in [0.4, 0.5) is 0 Å². The summed E-state index contributed by atoms with van der Waals surface area (Å²) in [4.78, 5) is 19.2. The molecule has 0 aliphatic carbocycles. The number of hydrogen-bond acceptors (Lipinski definition) is 5. The minimum absolute atomic E-state index is 0. The SMILES string of the molecule is Cl.O=C(CSc1nc2ccccc2s1)N1CC[C@@H]2CNC[C@@H]2CC1. The lowest BCUT2D eigenvalue weighted by Gasteiger charge is -2.20. The molecule has 7 heteroatoms. The van der Waals surface area contributed by atoms with Gasteiger partial charge in [0.1, 0.15) is 0 Å². The zero-order chi connectivity index (χ0) is 15.6. The quantitative estimate of drug-likeness (QED) is 0.826. The second-order valence-corrected chi connectivity index (χ2v) is 8.63. The van der Waals surface area contributed by atoms with Gasteiger partial charge in [0.25, 0.3) is 0 Å². The van der Waals surface area contributed by atoms with Crippen LogP contribution in [0.25, 0.3) is 10.2 Å². The van der Waals surface area contributed by atoms with Crippen LogP contribution in [-0.4, -0.2) is 47.7 Å². The number of nitrogens with zero attached hydrogens (tertiary/aromatic N) is 2. The molecule has 130 valence electrons. The van der Waals surface area contributed by atoms with Gasteiger partial charge in [-0.3, -0.25) is 4.79 Å². The van der Waals surface area contributed by atoms with Crippen LogP contribution < -0.4 is 5.32 Å². The first kappa shape index (κ1) is 18.0. The van der Waals surface area contributed by atoms with Crippen LogP contribution in [-0.2, 0) is 4.79 Å². The average molecular weight is 384 g/mol. The van der Waals surface area contributed by atoms with Crippen molar-refractivity contribution in [3.63, 3.8) is 0 Å². The van der Waals surface area contributed by atoms with Crippen LogP contribution in [0.1, 0.15) is 12.8 Å². The number of thiazole rings is 1. The summed E-state index contributed by atoms with van der Waals surface area (Å²) in [7, 11) is 0. The first-order chi connectivity index (χ1) is 11.3. The molecule has 2 atom stereocenters. The normalized spacial score (nSPS) is 23.6. The summed E-state index contributed by atoms with van der Waals surface area (Å²) in [6.07, 6.45) is 2.30. The molecule has 1 N–H and O–H groups in total. The van der Waals surface area contributed by atoms with Crippen molar-refractivity contribution in [1.82, 2.24) is 15.2 Å². The molecule has 4 rings (SSSR count). The Labute approximate surface area is 156 Å². The predicted molar refractivity (Wildman–Crippen MR) is 103 cm³/mol. The van der Waals surface area contributed by atoms with Crippen molar-refractivity contribution in [3.05, 3.63) is 24.3 Å². The molecule has 0 radical (unpaired) electrons. The Bertz CT molecular complexity index is 661. The fraction of sp³-hybridized carbons (Fsp3) is 0.529. The molecule has 4 nitrogen and oxygen atoms in total. The highest BCUT2D eigenvalue weighted by Gasteiger charge is 2.31. The van der Waals surface area contributed by atoms with Gasteiger partial charge in [0, 0.05) is 13.1 Å². The van der Waals surface area contributed by atoms with Crippen LogP contribution in [0.2, 0.25) is 0 Å². The molecular formula is C17H22ClN3OS2. The number of carbonyl (C=O) groups is 1. The molecule has 3 heterocycles. The lowest BCUT2D eigenvalue weighted by molar-refractivity contribution is -0.128. The fourth-order valence-corrected chi connectivity index (χ4v) is 5.57. The highest BCUT2D eigenvalue weighted by molar-refractivity contribution is 8.01. The van der Waals surface area contributed by atoms with Gasteiger partial charge in [-0.25, -0.2) is 4.98 Å². The van der Waals surface area contributed by atoms with E-state index in [-0.39, 0.29) is 18.3 Å². The number of hydrogen-bond donors (Lipinski definition) is 1. The minimum Gasteiger partial charge on any atom is -0.342 e. The van der Waals surface area contributed by atoms with E-state index in [2.05, 4.69) is 21.3 Å². The van der Waals surface area contributed by atoms with Gasteiger partial charge in [0.2, 0.25) is 5.91 Å². The van der Waals surface area contributed by atoms with E-state index < -0.39 is 0 Å². The highest BCUT2D eigenvalue weighted by atomic mass is 35.5. The van der Waals surface area contributed by atoms with Crippen LogP contribution in [0.15, 0.2) is 28.6 Å². The number of nitrogens with one attached hydrogen (secondary N) is 1. The summed E-state index contributed by atoms with van der Waals surface area (Å²) < 4.78 is 2.19. The Morgan fingerprint density at radius 1 is 1.25 bits per heavy atom. The van der Waals surface area contributed by atoms with Crippen molar-refractivity contribution >= 4 is 51.6 Å². The molecule has 2 aliphatic heterocycles. The van der Waals surface area contributed by atoms with Gasteiger partial charge in [-0.2, -0.15) is 0 Å². The average Bonchev–Trinajstić information content (AvgIpc) is 3.14. The minimum atomic E-state index is 0. The molecule has 0 spiro atoms. The molecule has 2 saturated heterocycles. The Morgan fingerprint density at radius 3 is 2.67 bits per heavy atom. The number of para-hydroxylation sites is 1. The molecule has 1 amide bonds. The van der Waals surface area contributed by atoms with Crippen molar-refractivity contribution in [1.29, 1.82) is 0 Å². The molecule has 2 fully saturated rings. The summed E-state index contributed by atoms with van der Waals surface area (Å²) in [5, 5.41) is 3.48. The Balaban J connectivity index is 0.00000169. The third kappa shape index (κ3) is 3.87. The second-order valence-electron chi connectivity index (χ2n) is 6.37. The maximum absolute atomic E-state index is 12.5. The van der Waals surface area contributed by atoms with E-state index in [4.69, 9.17) is 0 Å². The topological polar surface area (TPSA) is 45.2 Å². The Morgan fingerprint density at radius 2 is 1.96 bits per heavy atom. The van der Waals surface area contributed by atoms with E-state index in [0.717, 1.165) is 60.7 Å². The zero-order valence-corrected chi connectivity index (χ0v) is 15.9. The van der Waals surface area contributed by atoms with Crippen molar-refractivity contribution < 1.29 is 4.79 Å². The van der Waals surface area contributed by atoms with E-state index in [1.165, 1.54) is 4.70 Å². The molecule has 1 aromatic carbocycles. The lowest BCUT2D eigenvalue weighted by Crippen LogP contribution is -2.34. The molecule has 24 heavy (non-hydrogen) atoms. The number of aromatic nitrogens is 1. The van der Waals surface area contributed by atoms with Gasteiger partial charge in [-0.05, 0) is 49.9 Å². The number of likely N-dealkylation sites (tertiary alicyclic amines) is 1. The molecule has 1 aromatic heterocycles. The highest BCUT2D eigenvalue weighted by Crippen LogP contribution is 2.30. The Kier molecular flexibility index (Phi) is 6.02. The third-order valence-corrected chi connectivity index (χ3v) is 7.13. The number of amides is 1. The van der Waals surface area contributed by atoms with Crippen LogP contribution in [0.3, 0.4) is 0 Å². The van der Waals surface area contributed by atoms with Crippen molar-refractivity contribution in [2.24, 2.45) is 11.8 Å². The first-order valence-corrected chi connectivity index (χ1v) is 10.1. The maximum atomic E-state index is 12.5.